The molecule has 2 N–H and O–H groups in total. The highest BCUT2D eigenvalue weighted by molar-refractivity contribution is 7.90. The smallest absolute Gasteiger partial charge is 0.191 e. The van der Waals surface area contributed by atoms with E-state index in [2.05, 4.69) is 60.7 Å². The fourth-order valence-corrected chi connectivity index (χ4v) is 4.70. The Morgan fingerprint density at radius 1 is 1.19 bits per heavy atom. The quantitative estimate of drug-likeness (QED) is 0.538. The molecule has 0 aromatic heterocycles. The summed E-state index contributed by atoms with van der Waals surface area (Å²) in [6, 6.07) is 8.77. The average molecular weight is 380 g/mol. The second kappa shape index (κ2) is 7.99. The lowest BCUT2D eigenvalue weighted by atomic mass is 9.84. The van der Waals surface area contributed by atoms with Crippen molar-refractivity contribution in [2.75, 3.05) is 32.1 Å². The SMILES string of the molecule is CCc1ccc(C(C)(C)CNC(=NC)NCC2(CS(C)(=O)=O)CC2)cc1. The number of guanidine groups is 1. The summed E-state index contributed by atoms with van der Waals surface area (Å²) in [4.78, 5) is 4.28. The van der Waals surface area contributed by atoms with Crippen molar-refractivity contribution >= 4 is 15.8 Å². The minimum atomic E-state index is -2.95. The Kier molecular flexibility index (Phi) is 6.37. The summed E-state index contributed by atoms with van der Waals surface area (Å²) in [5.74, 6) is 0.974. The van der Waals surface area contributed by atoms with Gasteiger partial charge in [-0.3, -0.25) is 4.99 Å². The number of aliphatic imine (C=N–C) groups is 1. The summed E-state index contributed by atoms with van der Waals surface area (Å²) >= 11 is 0. The van der Waals surface area contributed by atoms with Crippen LogP contribution in [-0.4, -0.2) is 46.5 Å². The highest BCUT2D eigenvalue weighted by Gasteiger charge is 2.45. The predicted octanol–water partition coefficient (Wildman–Crippen LogP) is 2.52. The Morgan fingerprint density at radius 3 is 2.27 bits per heavy atom. The molecule has 0 bridgehead atoms. The van der Waals surface area contributed by atoms with Crippen LogP contribution in [0.3, 0.4) is 0 Å². The molecule has 0 amide bonds. The molecule has 1 aromatic carbocycles. The second-order valence-corrected chi connectivity index (χ2v) is 10.4. The first-order valence-corrected chi connectivity index (χ1v) is 11.4. The van der Waals surface area contributed by atoms with E-state index in [9.17, 15) is 8.42 Å². The van der Waals surface area contributed by atoms with Crippen LogP contribution < -0.4 is 10.6 Å². The highest BCUT2D eigenvalue weighted by atomic mass is 32.2. The van der Waals surface area contributed by atoms with Gasteiger partial charge in [-0.1, -0.05) is 45.0 Å². The summed E-state index contributed by atoms with van der Waals surface area (Å²) < 4.78 is 23.2. The molecule has 0 unspecified atom stereocenters. The third-order valence-electron chi connectivity index (χ3n) is 5.22. The molecular weight excluding hydrogens is 346 g/mol. The second-order valence-electron chi connectivity index (χ2n) is 8.28. The first kappa shape index (κ1) is 20.7. The summed E-state index contributed by atoms with van der Waals surface area (Å²) in [6.07, 6.45) is 4.27. The standard InChI is InChI=1S/C20H33N3O2S/c1-6-16-7-9-17(10-8-16)19(2,3)13-22-18(21-4)23-14-20(11-12-20)15-26(5,24)25/h7-10H,6,11-15H2,1-5H3,(H2,21,22,23). The van der Waals surface area contributed by atoms with Gasteiger partial charge in [-0.2, -0.15) is 0 Å². The molecule has 0 atom stereocenters. The zero-order valence-electron chi connectivity index (χ0n) is 16.7. The van der Waals surface area contributed by atoms with Crippen LogP contribution in [0.2, 0.25) is 0 Å². The van der Waals surface area contributed by atoms with Crippen LogP contribution in [0.15, 0.2) is 29.3 Å². The topological polar surface area (TPSA) is 70.6 Å². The van der Waals surface area contributed by atoms with E-state index in [1.54, 1.807) is 7.05 Å². The van der Waals surface area contributed by atoms with Gasteiger partial charge in [0.2, 0.25) is 0 Å². The van der Waals surface area contributed by atoms with Crippen LogP contribution in [0.25, 0.3) is 0 Å². The number of aryl methyl sites for hydroxylation is 1. The molecule has 6 heteroatoms. The van der Waals surface area contributed by atoms with Gasteiger partial charge in [0.1, 0.15) is 9.84 Å². The van der Waals surface area contributed by atoms with E-state index in [-0.39, 0.29) is 16.6 Å². The van der Waals surface area contributed by atoms with Crippen LogP contribution in [0.4, 0.5) is 0 Å². The Labute approximate surface area is 158 Å². The maximum Gasteiger partial charge on any atom is 0.191 e. The van der Waals surface area contributed by atoms with E-state index in [4.69, 9.17) is 0 Å². The molecule has 1 fully saturated rings. The molecule has 0 aliphatic heterocycles. The van der Waals surface area contributed by atoms with E-state index < -0.39 is 9.84 Å². The van der Waals surface area contributed by atoms with Crippen LogP contribution >= 0.6 is 0 Å². The first-order valence-electron chi connectivity index (χ1n) is 9.31. The number of sulfone groups is 1. The lowest BCUT2D eigenvalue weighted by molar-refractivity contribution is 0.498. The molecule has 0 heterocycles. The van der Waals surface area contributed by atoms with Crippen molar-refractivity contribution in [1.29, 1.82) is 0 Å². The fraction of sp³-hybridized carbons (Fsp3) is 0.650. The van der Waals surface area contributed by atoms with Gasteiger partial charge in [0.15, 0.2) is 5.96 Å². The van der Waals surface area contributed by atoms with E-state index >= 15 is 0 Å². The van der Waals surface area contributed by atoms with Crippen molar-refractivity contribution in [2.24, 2.45) is 10.4 Å². The van der Waals surface area contributed by atoms with Gasteiger partial charge in [0.05, 0.1) is 5.75 Å². The zero-order valence-corrected chi connectivity index (χ0v) is 17.5. The van der Waals surface area contributed by atoms with Gasteiger partial charge in [0.25, 0.3) is 0 Å². The molecule has 1 aliphatic rings. The van der Waals surface area contributed by atoms with Crippen molar-refractivity contribution in [3.05, 3.63) is 35.4 Å². The number of hydrogen-bond donors (Lipinski definition) is 2. The van der Waals surface area contributed by atoms with Crippen molar-refractivity contribution in [3.63, 3.8) is 0 Å². The van der Waals surface area contributed by atoms with Crippen LogP contribution in [0.1, 0.15) is 44.7 Å². The number of nitrogens with one attached hydrogen (secondary N) is 2. The van der Waals surface area contributed by atoms with Gasteiger partial charge < -0.3 is 10.6 Å². The van der Waals surface area contributed by atoms with Crippen molar-refractivity contribution in [1.82, 2.24) is 10.6 Å². The summed E-state index contributed by atoms with van der Waals surface area (Å²) in [7, 11) is -1.21. The molecule has 1 aromatic rings. The fourth-order valence-electron chi connectivity index (χ4n) is 3.20. The van der Waals surface area contributed by atoms with Gasteiger partial charge in [-0.05, 0) is 30.4 Å². The van der Waals surface area contributed by atoms with Crippen LogP contribution in [0.5, 0.6) is 0 Å². The molecule has 0 radical (unpaired) electrons. The van der Waals surface area contributed by atoms with Crippen molar-refractivity contribution in [3.8, 4) is 0 Å². The number of rotatable bonds is 8. The zero-order chi connectivity index (χ0) is 19.4. The van der Waals surface area contributed by atoms with Crippen LogP contribution in [-0.2, 0) is 21.7 Å². The number of hydrogen-bond acceptors (Lipinski definition) is 3. The number of benzene rings is 1. The Hall–Kier alpha value is -1.56. The van der Waals surface area contributed by atoms with Crippen LogP contribution in [0, 0.1) is 5.41 Å². The lowest BCUT2D eigenvalue weighted by Gasteiger charge is -2.27. The normalized spacial score (nSPS) is 17.0. The van der Waals surface area contributed by atoms with Crippen molar-refractivity contribution < 1.29 is 8.42 Å². The number of nitrogens with zero attached hydrogens (tertiary/aromatic N) is 1. The monoisotopic (exact) mass is 379 g/mol. The molecule has 1 aliphatic carbocycles. The Morgan fingerprint density at radius 2 is 1.81 bits per heavy atom. The van der Waals surface area contributed by atoms with E-state index in [1.807, 2.05) is 0 Å². The minimum absolute atomic E-state index is 0.0338. The van der Waals surface area contributed by atoms with E-state index in [0.717, 1.165) is 31.8 Å². The summed E-state index contributed by atoms with van der Waals surface area (Å²) in [5.41, 5.74) is 2.48. The maximum atomic E-state index is 11.6. The molecule has 2 rings (SSSR count). The van der Waals surface area contributed by atoms with Gasteiger partial charge in [-0.25, -0.2) is 8.42 Å². The van der Waals surface area contributed by atoms with Crippen molar-refractivity contribution in [2.45, 2.75) is 45.4 Å². The van der Waals surface area contributed by atoms with Gasteiger partial charge >= 0.3 is 0 Å². The minimum Gasteiger partial charge on any atom is -0.356 e. The highest BCUT2D eigenvalue weighted by Crippen LogP contribution is 2.46. The largest absolute Gasteiger partial charge is 0.356 e. The molecule has 146 valence electrons. The average Bonchev–Trinajstić information content (AvgIpc) is 3.32. The van der Waals surface area contributed by atoms with Gasteiger partial charge in [-0.15, -0.1) is 0 Å². The molecule has 0 spiro atoms. The molecule has 0 saturated heterocycles. The first-order chi connectivity index (χ1) is 12.1. The summed E-state index contributed by atoms with van der Waals surface area (Å²) in [6.45, 7) is 7.97. The Bertz CT molecular complexity index is 733. The van der Waals surface area contributed by atoms with Gasteiger partial charge in [0, 0.05) is 37.2 Å². The third kappa shape index (κ3) is 6.01. The molecular formula is C20H33N3O2S. The lowest BCUT2D eigenvalue weighted by Crippen LogP contribution is -2.45. The Balaban J connectivity index is 1.89. The molecule has 26 heavy (non-hydrogen) atoms. The van der Waals surface area contributed by atoms with E-state index in [1.165, 1.54) is 17.4 Å². The summed E-state index contributed by atoms with van der Waals surface area (Å²) in [5, 5.41) is 6.70. The predicted molar refractivity (Wildman–Crippen MR) is 110 cm³/mol. The third-order valence-corrected chi connectivity index (χ3v) is 6.36. The van der Waals surface area contributed by atoms with E-state index in [0.29, 0.717) is 6.54 Å². The molecule has 1 saturated carbocycles. The maximum absolute atomic E-state index is 11.6. The molecule has 5 nitrogen and oxygen atoms in total.